The molecule has 2 heterocycles. The summed E-state index contributed by atoms with van der Waals surface area (Å²) in [5, 5.41) is 11.2. The molecule has 2 aromatic heterocycles. The number of hydrogen-bond donors (Lipinski definition) is 2. The van der Waals surface area contributed by atoms with Gasteiger partial charge in [-0.1, -0.05) is 0 Å². The van der Waals surface area contributed by atoms with Crippen LogP contribution in [-0.2, 0) is 6.54 Å². The van der Waals surface area contributed by atoms with Crippen LogP contribution in [0, 0.1) is 18.7 Å². The summed E-state index contributed by atoms with van der Waals surface area (Å²) < 4.78 is 31.4. The van der Waals surface area contributed by atoms with Crippen LogP contribution in [0.25, 0.3) is 0 Å². The van der Waals surface area contributed by atoms with E-state index < -0.39 is 29.2 Å². The fourth-order valence-electron chi connectivity index (χ4n) is 1.70. The molecule has 110 valence electrons. The molecule has 0 atom stereocenters. The van der Waals surface area contributed by atoms with Crippen LogP contribution in [0.2, 0.25) is 0 Å². The number of aryl methyl sites for hydroxylation is 1. The van der Waals surface area contributed by atoms with Gasteiger partial charge in [-0.3, -0.25) is 4.79 Å². The van der Waals surface area contributed by atoms with Crippen LogP contribution in [0.1, 0.15) is 32.2 Å². The van der Waals surface area contributed by atoms with E-state index in [0.29, 0.717) is 0 Å². The average Bonchev–Trinajstić information content (AvgIpc) is 2.80. The highest BCUT2D eigenvalue weighted by Crippen LogP contribution is 2.15. The Morgan fingerprint density at radius 3 is 2.71 bits per heavy atom. The maximum Gasteiger partial charge on any atom is 0.339 e. The number of aromatic carboxylic acids is 1. The van der Waals surface area contributed by atoms with E-state index in [-0.39, 0.29) is 23.6 Å². The van der Waals surface area contributed by atoms with E-state index in [1.807, 2.05) is 0 Å². The molecule has 0 radical (unpaired) electrons. The fourth-order valence-corrected chi connectivity index (χ4v) is 1.70. The molecule has 2 rings (SSSR count). The molecule has 6 nitrogen and oxygen atoms in total. The van der Waals surface area contributed by atoms with Gasteiger partial charge in [-0.05, 0) is 19.1 Å². The second-order valence-electron chi connectivity index (χ2n) is 4.13. The van der Waals surface area contributed by atoms with Crippen molar-refractivity contribution in [3.05, 3.63) is 52.7 Å². The smallest absolute Gasteiger partial charge is 0.339 e. The van der Waals surface area contributed by atoms with Gasteiger partial charge in [0, 0.05) is 6.20 Å². The number of carbonyl (C=O) groups is 2. The first kappa shape index (κ1) is 14.6. The van der Waals surface area contributed by atoms with Crippen LogP contribution in [0.3, 0.4) is 0 Å². The van der Waals surface area contributed by atoms with Crippen LogP contribution in [0.15, 0.2) is 22.7 Å². The minimum Gasteiger partial charge on any atom is -0.478 e. The molecule has 8 heteroatoms. The van der Waals surface area contributed by atoms with Gasteiger partial charge < -0.3 is 14.8 Å². The van der Waals surface area contributed by atoms with Crippen molar-refractivity contribution in [3.8, 4) is 0 Å². The molecule has 0 fully saturated rings. The lowest BCUT2D eigenvalue weighted by atomic mass is 10.2. The van der Waals surface area contributed by atoms with Crippen molar-refractivity contribution in [1.82, 2.24) is 10.3 Å². The molecule has 2 N–H and O–H groups in total. The van der Waals surface area contributed by atoms with Crippen LogP contribution < -0.4 is 5.32 Å². The monoisotopic (exact) mass is 296 g/mol. The number of nitrogens with one attached hydrogen (secondary N) is 1. The summed E-state index contributed by atoms with van der Waals surface area (Å²) in [6.45, 7) is 1.31. The highest BCUT2D eigenvalue weighted by atomic mass is 19.2. The minimum absolute atomic E-state index is 0.0274. The molecule has 0 saturated carbocycles. The largest absolute Gasteiger partial charge is 0.478 e. The Bertz CT molecular complexity index is 712. The number of furan rings is 1. The molecule has 0 bridgehead atoms. The second-order valence-corrected chi connectivity index (χ2v) is 4.13. The van der Waals surface area contributed by atoms with Crippen LogP contribution >= 0.6 is 0 Å². The number of halogens is 2. The lowest BCUT2D eigenvalue weighted by Gasteiger charge is -2.04. The number of pyridine rings is 1. The Hall–Kier alpha value is -2.77. The Balaban J connectivity index is 2.09. The van der Waals surface area contributed by atoms with Gasteiger partial charge in [0.15, 0.2) is 5.82 Å². The molecule has 1 amide bonds. The van der Waals surface area contributed by atoms with Gasteiger partial charge in [0.2, 0.25) is 5.95 Å². The maximum atomic E-state index is 13.4. The number of carboxylic acid groups (broad SMARTS) is 1. The van der Waals surface area contributed by atoms with Gasteiger partial charge in [0.25, 0.3) is 5.91 Å². The number of nitrogens with zero attached hydrogens (tertiary/aromatic N) is 1. The number of carbonyl (C=O) groups excluding carboxylic acids is 1. The molecule has 0 saturated heterocycles. The molecule has 0 aliphatic carbocycles. The van der Waals surface area contributed by atoms with E-state index in [1.54, 1.807) is 0 Å². The lowest BCUT2D eigenvalue weighted by Crippen LogP contribution is -2.24. The quantitative estimate of drug-likeness (QED) is 0.840. The van der Waals surface area contributed by atoms with Crippen molar-refractivity contribution < 1.29 is 27.9 Å². The number of hydrogen-bond acceptors (Lipinski definition) is 4. The predicted molar refractivity (Wildman–Crippen MR) is 65.7 cm³/mol. The molecule has 0 aliphatic rings. The van der Waals surface area contributed by atoms with Gasteiger partial charge in [0.1, 0.15) is 17.1 Å². The highest BCUT2D eigenvalue weighted by Gasteiger charge is 2.17. The van der Waals surface area contributed by atoms with Gasteiger partial charge in [-0.15, -0.1) is 0 Å². The molecule has 0 unspecified atom stereocenters. The average molecular weight is 296 g/mol. The number of rotatable bonds is 4. The molecule has 0 spiro atoms. The van der Waals surface area contributed by atoms with Crippen molar-refractivity contribution in [1.29, 1.82) is 0 Å². The molecule has 2 aromatic rings. The minimum atomic E-state index is -1.37. The molecule has 21 heavy (non-hydrogen) atoms. The third kappa shape index (κ3) is 3.04. The zero-order valence-electron chi connectivity index (χ0n) is 10.8. The van der Waals surface area contributed by atoms with Crippen LogP contribution in [0.5, 0.6) is 0 Å². The van der Waals surface area contributed by atoms with Crippen molar-refractivity contribution in [3.63, 3.8) is 0 Å². The van der Waals surface area contributed by atoms with Gasteiger partial charge in [-0.25, -0.2) is 14.2 Å². The normalized spacial score (nSPS) is 10.4. The van der Waals surface area contributed by atoms with Gasteiger partial charge in [0.05, 0.1) is 12.1 Å². The number of amides is 1. The molecular weight excluding hydrogens is 286 g/mol. The summed E-state index contributed by atoms with van der Waals surface area (Å²) in [6.07, 6.45) is 0.965. The van der Waals surface area contributed by atoms with Crippen molar-refractivity contribution in [2.75, 3.05) is 0 Å². The summed E-state index contributed by atoms with van der Waals surface area (Å²) in [5.41, 5.74) is -0.523. The van der Waals surface area contributed by atoms with E-state index in [2.05, 4.69) is 10.3 Å². The zero-order valence-corrected chi connectivity index (χ0v) is 10.8. The van der Waals surface area contributed by atoms with E-state index in [0.717, 1.165) is 12.3 Å². The summed E-state index contributed by atoms with van der Waals surface area (Å²) in [5.74, 6) is -4.36. The van der Waals surface area contributed by atoms with Gasteiger partial charge >= 0.3 is 5.97 Å². The summed E-state index contributed by atoms with van der Waals surface area (Å²) >= 11 is 0. The molecular formula is C13H10F2N2O4. The van der Waals surface area contributed by atoms with E-state index in [4.69, 9.17) is 9.52 Å². The van der Waals surface area contributed by atoms with E-state index in [1.165, 1.54) is 13.0 Å². The van der Waals surface area contributed by atoms with Crippen LogP contribution in [0.4, 0.5) is 8.78 Å². The van der Waals surface area contributed by atoms with Crippen LogP contribution in [-0.4, -0.2) is 22.0 Å². The Labute approximate surface area is 117 Å². The summed E-state index contributed by atoms with van der Waals surface area (Å²) in [4.78, 5) is 25.6. The first-order valence-corrected chi connectivity index (χ1v) is 5.81. The first-order valence-electron chi connectivity index (χ1n) is 5.81. The Morgan fingerprint density at radius 2 is 2.10 bits per heavy atom. The van der Waals surface area contributed by atoms with Gasteiger partial charge in [-0.2, -0.15) is 4.39 Å². The fraction of sp³-hybridized carbons (Fsp3) is 0.154. The topological polar surface area (TPSA) is 92.4 Å². The highest BCUT2D eigenvalue weighted by molar-refractivity contribution is 5.94. The maximum absolute atomic E-state index is 13.4. The van der Waals surface area contributed by atoms with Crippen molar-refractivity contribution in [2.45, 2.75) is 13.5 Å². The van der Waals surface area contributed by atoms with Crippen molar-refractivity contribution >= 4 is 11.9 Å². The molecule has 0 aliphatic heterocycles. The predicted octanol–water partition coefficient (Wildman–Crippen LogP) is 1.89. The summed E-state index contributed by atoms with van der Waals surface area (Å²) in [7, 11) is 0. The Kier molecular flexibility index (Phi) is 3.97. The summed E-state index contributed by atoms with van der Waals surface area (Å²) in [6, 6.07) is 2.28. The van der Waals surface area contributed by atoms with Crippen molar-refractivity contribution in [2.24, 2.45) is 0 Å². The zero-order chi connectivity index (χ0) is 15.6. The molecule has 0 aromatic carbocycles. The lowest BCUT2D eigenvalue weighted by molar-refractivity contribution is 0.0694. The SMILES string of the molecule is Cc1oc(CNC(=O)c2ccnc(F)c2F)cc1C(=O)O. The second kappa shape index (κ2) is 5.70. The van der Waals surface area contributed by atoms with E-state index >= 15 is 0 Å². The third-order valence-electron chi connectivity index (χ3n) is 2.71. The Morgan fingerprint density at radius 1 is 1.38 bits per heavy atom. The third-order valence-corrected chi connectivity index (χ3v) is 2.71. The number of aromatic nitrogens is 1. The van der Waals surface area contributed by atoms with E-state index in [9.17, 15) is 18.4 Å². The standard InChI is InChI=1S/C13H10F2N2O4/c1-6-9(13(19)20)4-7(21-6)5-17-12(18)8-2-3-16-11(15)10(8)14/h2-4H,5H2,1H3,(H,17,18)(H,19,20). The first-order chi connectivity index (χ1) is 9.90. The number of carboxylic acids is 1.